The third kappa shape index (κ3) is 5.62. The Morgan fingerprint density at radius 1 is 1.25 bits per heavy atom. The summed E-state index contributed by atoms with van der Waals surface area (Å²) < 4.78 is 38.7. The lowest BCUT2D eigenvalue weighted by molar-refractivity contribution is -0.183. The van der Waals surface area contributed by atoms with Gasteiger partial charge in [0.15, 0.2) is 5.96 Å². The summed E-state index contributed by atoms with van der Waals surface area (Å²) >= 11 is 0. The fraction of sp³-hybridized carbons (Fsp3) is 0.588. The van der Waals surface area contributed by atoms with Gasteiger partial charge in [0.1, 0.15) is 5.75 Å². The maximum Gasteiger partial charge on any atom is 0.391 e. The Balaban J connectivity index is 1.97. The van der Waals surface area contributed by atoms with E-state index < -0.39 is 12.1 Å². The first-order chi connectivity index (χ1) is 11.4. The number of hydrogen-bond donors (Lipinski definition) is 3. The van der Waals surface area contributed by atoms with Crippen molar-refractivity contribution in [2.45, 2.75) is 51.4 Å². The molecule has 0 heterocycles. The van der Waals surface area contributed by atoms with Gasteiger partial charge in [0, 0.05) is 12.6 Å². The quantitative estimate of drug-likeness (QED) is 0.579. The summed E-state index contributed by atoms with van der Waals surface area (Å²) in [5, 5.41) is 15.5. The number of phenolic OH excluding ortho intramolecular Hbond substituents is 1. The molecule has 1 aliphatic carbocycles. The first-order valence-electron chi connectivity index (χ1n) is 8.28. The Bertz CT molecular complexity index is 543. The van der Waals surface area contributed by atoms with Gasteiger partial charge in [0.2, 0.25) is 0 Å². The fourth-order valence-corrected chi connectivity index (χ4v) is 2.90. The van der Waals surface area contributed by atoms with E-state index in [-0.39, 0.29) is 24.6 Å². The summed E-state index contributed by atoms with van der Waals surface area (Å²) in [4.78, 5) is 4.43. The summed E-state index contributed by atoms with van der Waals surface area (Å²) in [6, 6.07) is 6.48. The molecular weight excluding hydrogens is 319 g/mol. The van der Waals surface area contributed by atoms with E-state index in [1.54, 1.807) is 24.3 Å². The van der Waals surface area contributed by atoms with Crippen LogP contribution in [0.15, 0.2) is 29.3 Å². The van der Waals surface area contributed by atoms with Crippen molar-refractivity contribution in [3.63, 3.8) is 0 Å². The number of nitrogens with zero attached hydrogens (tertiary/aromatic N) is 1. The van der Waals surface area contributed by atoms with Crippen LogP contribution in [0.4, 0.5) is 13.2 Å². The predicted octanol–water partition coefficient (Wildman–Crippen LogP) is 3.57. The third-order valence-electron chi connectivity index (χ3n) is 4.18. The molecule has 3 N–H and O–H groups in total. The van der Waals surface area contributed by atoms with E-state index in [9.17, 15) is 18.3 Å². The van der Waals surface area contributed by atoms with Gasteiger partial charge in [-0.15, -0.1) is 0 Å². The van der Waals surface area contributed by atoms with Crippen LogP contribution in [0, 0.1) is 5.92 Å². The number of benzene rings is 1. The molecule has 1 aliphatic rings. The normalized spacial score (nSPS) is 22.2. The summed E-state index contributed by atoms with van der Waals surface area (Å²) in [5.74, 6) is -0.518. The minimum atomic E-state index is -4.12. The van der Waals surface area contributed by atoms with Gasteiger partial charge in [-0.2, -0.15) is 13.2 Å². The number of halogens is 3. The zero-order valence-electron chi connectivity index (χ0n) is 13.7. The van der Waals surface area contributed by atoms with Gasteiger partial charge in [0.05, 0.1) is 12.5 Å². The Morgan fingerprint density at radius 3 is 2.58 bits per heavy atom. The second-order valence-corrected chi connectivity index (χ2v) is 6.11. The lowest BCUT2D eigenvalue weighted by atomic mass is 9.85. The van der Waals surface area contributed by atoms with Crippen LogP contribution in [0.3, 0.4) is 0 Å². The van der Waals surface area contributed by atoms with Crippen LogP contribution in [0.5, 0.6) is 5.75 Å². The van der Waals surface area contributed by atoms with Gasteiger partial charge < -0.3 is 15.7 Å². The van der Waals surface area contributed by atoms with Crippen molar-refractivity contribution in [3.05, 3.63) is 29.8 Å². The fourth-order valence-electron chi connectivity index (χ4n) is 2.90. The molecule has 0 radical (unpaired) electrons. The smallest absolute Gasteiger partial charge is 0.391 e. The molecule has 0 amide bonds. The van der Waals surface area contributed by atoms with E-state index in [0.29, 0.717) is 25.5 Å². The number of nitrogens with one attached hydrogen (secondary N) is 2. The van der Waals surface area contributed by atoms with Crippen molar-refractivity contribution in [1.29, 1.82) is 0 Å². The van der Waals surface area contributed by atoms with Crippen LogP contribution >= 0.6 is 0 Å². The summed E-state index contributed by atoms with van der Waals surface area (Å²) in [7, 11) is 0. The highest BCUT2D eigenvalue weighted by atomic mass is 19.4. The maximum absolute atomic E-state index is 12.9. The Labute approximate surface area is 140 Å². The molecular formula is C17H24F3N3O. The zero-order valence-corrected chi connectivity index (χ0v) is 13.7. The van der Waals surface area contributed by atoms with Crippen LogP contribution < -0.4 is 10.6 Å². The van der Waals surface area contributed by atoms with Crippen molar-refractivity contribution in [2.75, 3.05) is 6.54 Å². The van der Waals surface area contributed by atoms with Crippen molar-refractivity contribution in [1.82, 2.24) is 10.6 Å². The number of guanidine groups is 1. The molecule has 1 saturated carbocycles. The largest absolute Gasteiger partial charge is 0.508 e. The highest BCUT2D eigenvalue weighted by Crippen LogP contribution is 2.37. The van der Waals surface area contributed by atoms with E-state index in [1.165, 1.54) is 0 Å². The van der Waals surface area contributed by atoms with Gasteiger partial charge in [-0.25, -0.2) is 4.99 Å². The molecule has 0 spiro atoms. The minimum absolute atomic E-state index is 0.0904. The topological polar surface area (TPSA) is 56.7 Å². The van der Waals surface area contributed by atoms with Gasteiger partial charge in [-0.1, -0.05) is 18.6 Å². The molecule has 24 heavy (non-hydrogen) atoms. The molecule has 134 valence electrons. The van der Waals surface area contributed by atoms with Crippen LogP contribution in [-0.2, 0) is 6.54 Å². The van der Waals surface area contributed by atoms with E-state index in [0.717, 1.165) is 12.0 Å². The molecule has 0 aliphatic heterocycles. The highest BCUT2D eigenvalue weighted by molar-refractivity contribution is 5.80. The van der Waals surface area contributed by atoms with Crippen LogP contribution in [-0.4, -0.2) is 29.8 Å². The van der Waals surface area contributed by atoms with Gasteiger partial charge in [-0.05, 0) is 43.9 Å². The molecule has 2 atom stereocenters. The molecule has 7 heteroatoms. The minimum Gasteiger partial charge on any atom is -0.508 e. The number of phenols is 1. The zero-order chi connectivity index (χ0) is 17.6. The molecule has 1 aromatic carbocycles. The number of rotatable bonds is 4. The average Bonchev–Trinajstić information content (AvgIpc) is 2.54. The molecule has 1 aromatic rings. The van der Waals surface area contributed by atoms with Crippen molar-refractivity contribution in [2.24, 2.45) is 10.9 Å². The van der Waals surface area contributed by atoms with Crippen molar-refractivity contribution < 1.29 is 18.3 Å². The maximum atomic E-state index is 12.9. The molecule has 0 saturated heterocycles. The SMILES string of the molecule is CCNC(=NCc1ccc(O)cc1)NC1CCCC(C(F)(F)F)C1. The number of hydrogen-bond acceptors (Lipinski definition) is 2. The third-order valence-corrected chi connectivity index (χ3v) is 4.18. The highest BCUT2D eigenvalue weighted by Gasteiger charge is 2.42. The van der Waals surface area contributed by atoms with Gasteiger partial charge >= 0.3 is 6.18 Å². The monoisotopic (exact) mass is 343 g/mol. The second-order valence-electron chi connectivity index (χ2n) is 6.11. The van der Waals surface area contributed by atoms with E-state index in [1.807, 2.05) is 6.92 Å². The Morgan fingerprint density at radius 2 is 1.96 bits per heavy atom. The van der Waals surface area contributed by atoms with Crippen molar-refractivity contribution >= 4 is 5.96 Å². The first kappa shape index (κ1) is 18.4. The van der Waals surface area contributed by atoms with E-state index >= 15 is 0 Å². The molecule has 0 bridgehead atoms. The number of aromatic hydroxyl groups is 1. The number of aliphatic imine (C=N–C) groups is 1. The number of alkyl halides is 3. The average molecular weight is 343 g/mol. The summed E-state index contributed by atoms with van der Waals surface area (Å²) in [6.07, 6.45) is -2.53. The first-order valence-corrected chi connectivity index (χ1v) is 8.28. The van der Waals surface area contributed by atoms with E-state index in [4.69, 9.17) is 0 Å². The Kier molecular flexibility index (Phi) is 6.34. The van der Waals surface area contributed by atoms with Crippen LogP contribution in [0.1, 0.15) is 38.2 Å². The molecule has 2 unspecified atom stereocenters. The van der Waals surface area contributed by atoms with E-state index in [2.05, 4.69) is 15.6 Å². The predicted molar refractivity (Wildman–Crippen MR) is 87.9 cm³/mol. The summed E-state index contributed by atoms with van der Waals surface area (Å²) in [5.41, 5.74) is 0.918. The summed E-state index contributed by atoms with van der Waals surface area (Å²) in [6.45, 7) is 2.94. The van der Waals surface area contributed by atoms with Crippen molar-refractivity contribution in [3.8, 4) is 5.75 Å². The molecule has 2 rings (SSSR count). The molecule has 1 fully saturated rings. The Hall–Kier alpha value is -1.92. The molecule has 4 nitrogen and oxygen atoms in total. The van der Waals surface area contributed by atoms with Gasteiger partial charge in [-0.3, -0.25) is 0 Å². The standard InChI is InChI=1S/C17H24F3N3O/c1-2-21-16(22-11-12-6-8-15(24)9-7-12)23-14-5-3-4-13(10-14)17(18,19)20/h6-9,13-14,24H,2-5,10-11H2,1H3,(H2,21,22,23). The molecule has 0 aromatic heterocycles. The second kappa shape index (κ2) is 8.26. The van der Waals surface area contributed by atoms with Crippen LogP contribution in [0.25, 0.3) is 0 Å². The van der Waals surface area contributed by atoms with Gasteiger partial charge in [0.25, 0.3) is 0 Å². The lowest BCUT2D eigenvalue weighted by Crippen LogP contribution is -2.46. The van der Waals surface area contributed by atoms with Crippen LogP contribution in [0.2, 0.25) is 0 Å². The lowest BCUT2D eigenvalue weighted by Gasteiger charge is -2.31.